The molecule has 0 spiro atoms. The Morgan fingerprint density at radius 3 is 2.56 bits per heavy atom. The van der Waals surface area contributed by atoms with E-state index in [0.29, 0.717) is 22.9 Å². The van der Waals surface area contributed by atoms with Gasteiger partial charge in [-0.15, -0.1) is 11.3 Å². The zero-order chi connectivity index (χ0) is 19.2. The van der Waals surface area contributed by atoms with Crippen LogP contribution in [-0.2, 0) is 16.0 Å². The SMILES string of the molecule is CCCCc1nc(C)c(C(=O)Nc2ccc(NC(=O)[C@@H]3CCCO3)cc2)s1. The lowest BCUT2D eigenvalue weighted by atomic mass is 10.2. The van der Waals surface area contributed by atoms with Crippen LogP contribution in [0.1, 0.15) is 53.0 Å². The number of nitrogens with one attached hydrogen (secondary N) is 2. The number of aryl methyl sites for hydroxylation is 2. The number of rotatable bonds is 7. The highest BCUT2D eigenvalue weighted by Crippen LogP contribution is 2.22. The number of benzene rings is 1. The molecule has 0 bridgehead atoms. The molecule has 0 saturated carbocycles. The predicted molar refractivity (Wildman–Crippen MR) is 107 cm³/mol. The first-order valence-electron chi connectivity index (χ1n) is 9.37. The number of thiazole rings is 1. The molecule has 1 fully saturated rings. The van der Waals surface area contributed by atoms with Gasteiger partial charge in [0.2, 0.25) is 0 Å². The van der Waals surface area contributed by atoms with Crippen molar-refractivity contribution >= 4 is 34.5 Å². The Balaban J connectivity index is 1.58. The fourth-order valence-corrected chi connectivity index (χ4v) is 3.93. The Bertz CT molecular complexity index is 795. The van der Waals surface area contributed by atoms with Crippen LogP contribution in [0.2, 0.25) is 0 Å². The maximum absolute atomic E-state index is 12.5. The third-order valence-corrected chi connectivity index (χ3v) is 5.64. The number of unbranched alkanes of at least 4 members (excludes halogenated alkanes) is 1. The number of amides is 2. The van der Waals surface area contributed by atoms with Crippen molar-refractivity contribution < 1.29 is 14.3 Å². The van der Waals surface area contributed by atoms with Gasteiger partial charge < -0.3 is 15.4 Å². The summed E-state index contributed by atoms with van der Waals surface area (Å²) in [6.45, 7) is 4.64. The largest absolute Gasteiger partial charge is 0.368 e. The number of aromatic nitrogens is 1. The van der Waals surface area contributed by atoms with Crippen molar-refractivity contribution in [3.8, 4) is 0 Å². The van der Waals surface area contributed by atoms with Crippen molar-refractivity contribution in [2.24, 2.45) is 0 Å². The molecule has 0 radical (unpaired) electrons. The third-order valence-electron chi connectivity index (χ3n) is 4.42. The highest BCUT2D eigenvalue weighted by atomic mass is 32.1. The van der Waals surface area contributed by atoms with E-state index in [9.17, 15) is 9.59 Å². The molecule has 0 unspecified atom stereocenters. The molecule has 2 aromatic rings. The Morgan fingerprint density at radius 1 is 1.22 bits per heavy atom. The summed E-state index contributed by atoms with van der Waals surface area (Å²) >= 11 is 1.46. The Labute approximate surface area is 163 Å². The van der Waals surface area contributed by atoms with Crippen LogP contribution in [0.25, 0.3) is 0 Å². The number of carbonyl (C=O) groups is 2. The van der Waals surface area contributed by atoms with Crippen molar-refractivity contribution in [1.82, 2.24) is 4.98 Å². The molecule has 7 heteroatoms. The highest BCUT2D eigenvalue weighted by molar-refractivity contribution is 7.13. The van der Waals surface area contributed by atoms with Gasteiger partial charge in [-0.2, -0.15) is 0 Å². The van der Waals surface area contributed by atoms with Crippen LogP contribution in [0.4, 0.5) is 11.4 Å². The average molecular weight is 388 g/mol. The van der Waals surface area contributed by atoms with E-state index < -0.39 is 0 Å². The van der Waals surface area contributed by atoms with Crippen LogP contribution in [0.5, 0.6) is 0 Å². The van der Waals surface area contributed by atoms with Crippen molar-refractivity contribution in [2.45, 2.75) is 52.1 Å². The van der Waals surface area contributed by atoms with Crippen LogP contribution in [0.15, 0.2) is 24.3 Å². The van der Waals surface area contributed by atoms with Gasteiger partial charge in [0.25, 0.3) is 11.8 Å². The van der Waals surface area contributed by atoms with Crippen LogP contribution in [-0.4, -0.2) is 29.5 Å². The molecular weight excluding hydrogens is 362 g/mol. The zero-order valence-corrected chi connectivity index (χ0v) is 16.5. The maximum atomic E-state index is 12.5. The summed E-state index contributed by atoms with van der Waals surface area (Å²) in [6, 6.07) is 7.10. The minimum Gasteiger partial charge on any atom is -0.368 e. The lowest BCUT2D eigenvalue weighted by Gasteiger charge is -2.11. The molecule has 27 heavy (non-hydrogen) atoms. The Morgan fingerprint density at radius 2 is 1.93 bits per heavy atom. The number of carbonyl (C=O) groups excluding carboxylic acids is 2. The van der Waals surface area contributed by atoms with E-state index in [1.54, 1.807) is 24.3 Å². The maximum Gasteiger partial charge on any atom is 0.267 e. The molecule has 1 aliphatic rings. The molecule has 2 heterocycles. The second-order valence-electron chi connectivity index (χ2n) is 6.65. The highest BCUT2D eigenvalue weighted by Gasteiger charge is 2.23. The van der Waals surface area contributed by atoms with Crippen molar-refractivity contribution in [3.05, 3.63) is 39.8 Å². The topological polar surface area (TPSA) is 80.3 Å². The Kier molecular flexibility index (Phi) is 6.58. The molecule has 1 atom stereocenters. The first kappa shape index (κ1) is 19.5. The van der Waals surface area contributed by atoms with Crippen molar-refractivity contribution in [2.75, 3.05) is 17.2 Å². The summed E-state index contributed by atoms with van der Waals surface area (Å²) in [6.07, 6.45) is 4.41. The molecular formula is C20H25N3O3S. The molecule has 3 rings (SSSR count). The molecule has 1 aliphatic heterocycles. The number of anilines is 2. The van der Waals surface area contributed by atoms with Gasteiger partial charge in [-0.1, -0.05) is 13.3 Å². The van der Waals surface area contributed by atoms with Gasteiger partial charge in [-0.05, 0) is 56.9 Å². The van der Waals surface area contributed by atoms with E-state index in [-0.39, 0.29) is 17.9 Å². The molecule has 144 valence electrons. The van der Waals surface area contributed by atoms with Gasteiger partial charge in [0.1, 0.15) is 11.0 Å². The normalized spacial score (nSPS) is 16.3. The molecule has 0 aliphatic carbocycles. The zero-order valence-electron chi connectivity index (χ0n) is 15.7. The van der Waals surface area contributed by atoms with Gasteiger partial charge in [0, 0.05) is 18.0 Å². The van der Waals surface area contributed by atoms with E-state index in [1.165, 1.54) is 11.3 Å². The predicted octanol–water partition coefficient (Wildman–Crippen LogP) is 4.16. The van der Waals surface area contributed by atoms with Crippen LogP contribution < -0.4 is 10.6 Å². The monoisotopic (exact) mass is 387 g/mol. The van der Waals surface area contributed by atoms with Gasteiger partial charge in [0.15, 0.2) is 0 Å². The smallest absolute Gasteiger partial charge is 0.267 e. The van der Waals surface area contributed by atoms with Crippen LogP contribution >= 0.6 is 11.3 Å². The van der Waals surface area contributed by atoms with Crippen molar-refractivity contribution in [3.63, 3.8) is 0 Å². The van der Waals surface area contributed by atoms with E-state index in [1.807, 2.05) is 6.92 Å². The molecule has 2 N–H and O–H groups in total. The number of ether oxygens (including phenoxy) is 1. The minimum absolute atomic E-state index is 0.121. The summed E-state index contributed by atoms with van der Waals surface area (Å²) in [4.78, 5) is 29.7. The lowest BCUT2D eigenvalue weighted by Crippen LogP contribution is -2.26. The second-order valence-corrected chi connectivity index (χ2v) is 7.73. The number of nitrogens with zero attached hydrogens (tertiary/aromatic N) is 1. The molecule has 6 nitrogen and oxygen atoms in total. The summed E-state index contributed by atoms with van der Waals surface area (Å²) in [5, 5.41) is 6.75. The van der Waals surface area contributed by atoms with E-state index in [4.69, 9.17) is 4.74 Å². The van der Waals surface area contributed by atoms with Crippen LogP contribution in [0.3, 0.4) is 0 Å². The lowest BCUT2D eigenvalue weighted by molar-refractivity contribution is -0.124. The molecule has 1 aromatic heterocycles. The second kappa shape index (κ2) is 9.10. The third kappa shape index (κ3) is 5.14. The molecule has 1 aromatic carbocycles. The van der Waals surface area contributed by atoms with Gasteiger partial charge >= 0.3 is 0 Å². The van der Waals surface area contributed by atoms with Gasteiger partial charge in [-0.3, -0.25) is 9.59 Å². The van der Waals surface area contributed by atoms with Gasteiger partial charge in [-0.25, -0.2) is 4.98 Å². The Hall–Kier alpha value is -2.25. The van der Waals surface area contributed by atoms with E-state index in [0.717, 1.165) is 42.8 Å². The fraction of sp³-hybridized carbons (Fsp3) is 0.450. The summed E-state index contributed by atoms with van der Waals surface area (Å²) in [7, 11) is 0. The van der Waals surface area contributed by atoms with Crippen molar-refractivity contribution in [1.29, 1.82) is 0 Å². The summed E-state index contributed by atoms with van der Waals surface area (Å²) < 4.78 is 5.38. The van der Waals surface area contributed by atoms with Crippen LogP contribution in [0, 0.1) is 6.92 Å². The average Bonchev–Trinajstić information content (AvgIpc) is 3.31. The standard InChI is InChI=1S/C20H25N3O3S/c1-3-4-7-17-21-13(2)18(27-17)20(25)23-15-10-8-14(9-11-15)22-19(24)16-6-5-12-26-16/h8-11,16H,3-7,12H2,1-2H3,(H,22,24)(H,23,25)/t16-/m0/s1. The number of hydrogen-bond donors (Lipinski definition) is 2. The minimum atomic E-state index is -0.361. The molecule has 2 amide bonds. The van der Waals surface area contributed by atoms with E-state index in [2.05, 4.69) is 22.5 Å². The first-order valence-corrected chi connectivity index (χ1v) is 10.2. The molecule has 1 saturated heterocycles. The summed E-state index contributed by atoms with van der Waals surface area (Å²) in [5.74, 6) is -0.270. The van der Waals surface area contributed by atoms with Gasteiger partial charge in [0.05, 0.1) is 10.7 Å². The quantitative estimate of drug-likeness (QED) is 0.747. The summed E-state index contributed by atoms with van der Waals surface area (Å²) in [5.41, 5.74) is 2.13. The fourth-order valence-electron chi connectivity index (χ4n) is 2.93. The first-order chi connectivity index (χ1) is 13.1. The number of hydrogen-bond acceptors (Lipinski definition) is 5. The van der Waals surface area contributed by atoms with E-state index >= 15 is 0 Å².